The van der Waals surface area contributed by atoms with Crippen LogP contribution in [0.3, 0.4) is 0 Å². The number of fused-ring (bicyclic) bond motifs is 1. The molecule has 0 spiro atoms. The second kappa shape index (κ2) is 1.73. The Morgan fingerprint density at radius 3 is 3.30 bits per heavy atom. The number of aromatic hydroxyl groups is 1. The summed E-state index contributed by atoms with van der Waals surface area (Å²) < 4.78 is 5.00. The summed E-state index contributed by atoms with van der Waals surface area (Å²) in [6.45, 7) is 0. The molecule has 3 nitrogen and oxygen atoms in total. The van der Waals surface area contributed by atoms with E-state index >= 15 is 0 Å². The van der Waals surface area contributed by atoms with Gasteiger partial charge in [-0.15, -0.1) is 0 Å². The number of furan rings is 1. The van der Waals surface area contributed by atoms with E-state index in [2.05, 4.69) is 4.98 Å². The normalized spacial score (nSPS) is 10.4. The van der Waals surface area contributed by atoms with Crippen molar-refractivity contribution in [1.82, 2.24) is 4.98 Å². The fraction of sp³-hybridized carbons (Fsp3) is 0. The molecule has 0 aliphatic heterocycles. The van der Waals surface area contributed by atoms with E-state index in [1.807, 2.05) is 0 Å². The molecule has 3 heteroatoms. The van der Waals surface area contributed by atoms with Crippen molar-refractivity contribution in [3.8, 4) is 5.88 Å². The first-order chi connectivity index (χ1) is 4.86. The minimum atomic E-state index is -0.0116. The van der Waals surface area contributed by atoms with Gasteiger partial charge in [0.15, 0.2) is 0 Å². The quantitative estimate of drug-likeness (QED) is 0.595. The van der Waals surface area contributed by atoms with Gasteiger partial charge in [0, 0.05) is 17.6 Å². The Labute approximate surface area is 56.9 Å². The van der Waals surface area contributed by atoms with Crippen LogP contribution >= 0.6 is 0 Å². The number of hydrogen-bond donors (Lipinski definition) is 1. The predicted octanol–water partition coefficient (Wildman–Crippen LogP) is 1.53. The zero-order valence-electron chi connectivity index (χ0n) is 5.11. The summed E-state index contributed by atoms with van der Waals surface area (Å²) in [5, 5.41) is 9.78. The molecular formula is C7H5NO2. The Hall–Kier alpha value is -1.51. The molecule has 0 saturated heterocycles. The van der Waals surface area contributed by atoms with Crippen LogP contribution in [0.25, 0.3) is 11.0 Å². The largest absolute Gasteiger partial charge is 0.493 e. The number of rotatable bonds is 0. The van der Waals surface area contributed by atoms with Crippen LogP contribution in [-0.2, 0) is 0 Å². The lowest BCUT2D eigenvalue weighted by molar-refractivity contribution is 0.453. The average molecular weight is 135 g/mol. The summed E-state index contributed by atoms with van der Waals surface area (Å²) in [4.78, 5) is 3.68. The summed E-state index contributed by atoms with van der Waals surface area (Å²) in [6.07, 6.45) is 3.12. The molecule has 0 saturated carbocycles. The van der Waals surface area contributed by atoms with Crippen LogP contribution in [0.15, 0.2) is 29.0 Å². The molecular weight excluding hydrogens is 130 g/mol. The first kappa shape index (κ1) is 5.29. The minimum Gasteiger partial charge on any atom is -0.493 e. The van der Waals surface area contributed by atoms with Crippen molar-refractivity contribution < 1.29 is 9.52 Å². The first-order valence-electron chi connectivity index (χ1n) is 2.88. The van der Waals surface area contributed by atoms with Crippen LogP contribution in [0.4, 0.5) is 0 Å². The molecule has 2 rings (SSSR count). The van der Waals surface area contributed by atoms with Crippen LogP contribution in [0.5, 0.6) is 5.88 Å². The predicted molar refractivity (Wildman–Crippen MR) is 35.7 cm³/mol. The molecule has 2 aromatic heterocycles. The minimum absolute atomic E-state index is 0.0116. The third-order valence-corrected chi connectivity index (χ3v) is 1.32. The molecule has 0 aliphatic rings. The maximum atomic E-state index is 8.88. The topological polar surface area (TPSA) is 46.3 Å². The summed E-state index contributed by atoms with van der Waals surface area (Å²) in [6, 6.07) is 3.27. The standard InChI is InChI=1S/C7H5NO2/c9-7-3-6-5(4-8-7)1-2-10-6/h1-4H,(H,8,9). The first-order valence-corrected chi connectivity index (χ1v) is 2.88. The molecule has 50 valence electrons. The van der Waals surface area contributed by atoms with Crippen molar-refractivity contribution in [1.29, 1.82) is 0 Å². The van der Waals surface area contributed by atoms with Crippen LogP contribution < -0.4 is 0 Å². The van der Waals surface area contributed by atoms with E-state index in [1.165, 1.54) is 6.07 Å². The molecule has 0 amide bonds. The van der Waals surface area contributed by atoms with E-state index in [0.717, 1.165) is 5.39 Å². The van der Waals surface area contributed by atoms with Gasteiger partial charge >= 0.3 is 0 Å². The zero-order valence-corrected chi connectivity index (χ0v) is 5.11. The van der Waals surface area contributed by atoms with Crippen molar-refractivity contribution in [2.75, 3.05) is 0 Å². The van der Waals surface area contributed by atoms with Gasteiger partial charge in [-0.2, -0.15) is 0 Å². The summed E-state index contributed by atoms with van der Waals surface area (Å²) in [7, 11) is 0. The fourth-order valence-electron chi connectivity index (χ4n) is 0.845. The molecule has 0 radical (unpaired) electrons. The van der Waals surface area contributed by atoms with E-state index < -0.39 is 0 Å². The summed E-state index contributed by atoms with van der Waals surface area (Å²) in [5.41, 5.74) is 0.660. The Morgan fingerprint density at radius 2 is 2.40 bits per heavy atom. The van der Waals surface area contributed by atoms with Gasteiger partial charge in [0.05, 0.1) is 6.26 Å². The van der Waals surface area contributed by atoms with Gasteiger partial charge in [0.2, 0.25) is 5.88 Å². The van der Waals surface area contributed by atoms with E-state index in [9.17, 15) is 0 Å². The molecule has 1 N–H and O–H groups in total. The molecule has 0 aliphatic carbocycles. The van der Waals surface area contributed by atoms with Crippen LogP contribution in [0, 0.1) is 0 Å². The molecule has 10 heavy (non-hydrogen) atoms. The second-order valence-electron chi connectivity index (χ2n) is 2.00. The summed E-state index contributed by atoms with van der Waals surface area (Å²) in [5.74, 6) is -0.0116. The SMILES string of the molecule is Oc1cc2occc2cn1. The van der Waals surface area contributed by atoms with Crippen molar-refractivity contribution in [3.63, 3.8) is 0 Å². The van der Waals surface area contributed by atoms with Crippen LogP contribution in [-0.4, -0.2) is 10.1 Å². The van der Waals surface area contributed by atoms with E-state index in [-0.39, 0.29) is 5.88 Å². The molecule has 0 atom stereocenters. The average Bonchev–Trinajstić information content (AvgIpc) is 2.33. The third-order valence-electron chi connectivity index (χ3n) is 1.32. The maximum Gasteiger partial charge on any atom is 0.214 e. The van der Waals surface area contributed by atoms with Crippen molar-refractivity contribution >= 4 is 11.0 Å². The molecule has 0 fully saturated rings. The highest BCUT2D eigenvalue weighted by atomic mass is 16.3. The van der Waals surface area contributed by atoms with E-state index in [4.69, 9.17) is 9.52 Å². The third kappa shape index (κ3) is 0.639. The van der Waals surface area contributed by atoms with Crippen LogP contribution in [0.1, 0.15) is 0 Å². The Bertz CT molecular complexity index is 353. The molecule has 0 bridgehead atoms. The highest BCUT2D eigenvalue weighted by Crippen LogP contribution is 2.16. The summed E-state index contributed by atoms with van der Waals surface area (Å²) >= 11 is 0. The molecule has 0 aromatic carbocycles. The highest BCUT2D eigenvalue weighted by molar-refractivity contribution is 5.76. The Balaban J connectivity index is 2.86. The Morgan fingerprint density at radius 1 is 1.50 bits per heavy atom. The highest BCUT2D eigenvalue weighted by Gasteiger charge is 1.96. The molecule has 2 heterocycles. The lowest BCUT2D eigenvalue weighted by atomic mass is 10.3. The van der Waals surface area contributed by atoms with Crippen molar-refractivity contribution in [2.24, 2.45) is 0 Å². The maximum absolute atomic E-state index is 8.88. The van der Waals surface area contributed by atoms with Crippen LogP contribution in [0.2, 0.25) is 0 Å². The van der Waals surface area contributed by atoms with Gasteiger partial charge in [-0.25, -0.2) is 4.98 Å². The van der Waals surface area contributed by atoms with Gasteiger partial charge in [0.1, 0.15) is 5.58 Å². The van der Waals surface area contributed by atoms with E-state index in [0.29, 0.717) is 5.58 Å². The monoisotopic (exact) mass is 135 g/mol. The number of aromatic nitrogens is 1. The van der Waals surface area contributed by atoms with Crippen molar-refractivity contribution in [2.45, 2.75) is 0 Å². The number of hydrogen-bond acceptors (Lipinski definition) is 3. The van der Waals surface area contributed by atoms with E-state index in [1.54, 1.807) is 18.5 Å². The Kier molecular flexibility index (Phi) is 0.917. The zero-order chi connectivity index (χ0) is 6.97. The van der Waals surface area contributed by atoms with Gasteiger partial charge in [0.25, 0.3) is 0 Å². The van der Waals surface area contributed by atoms with Gasteiger partial charge in [-0.1, -0.05) is 0 Å². The fourth-order valence-corrected chi connectivity index (χ4v) is 0.845. The number of pyridine rings is 1. The molecule has 0 unspecified atom stereocenters. The molecule has 2 aromatic rings. The smallest absolute Gasteiger partial charge is 0.214 e. The lowest BCUT2D eigenvalue weighted by Gasteiger charge is -1.87. The van der Waals surface area contributed by atoms with Crippen molar-refractivity contribution in [3.05, 3.63) is 24.6 Å². The second-order valence-corrected chi connectivity index (χ2v) is 2.00. The van der Waals surface area contributed by atoms with Gasteiger partial charge in [-0.3, -0.25) is 0 Å². The number of nitrogens with zero attached hydrogens (tertiary/aromatic N) is 1. The van der Waals surface area contributed by atoms with Gasteiger partial charge < -0.3 is 9.52 Å². The lowest BCUT2D eigenvalue weighted by Crippen LogP contribution is -1.70. The van der Waals surface area contributed by atoms with Gasteiger partial charge in [-0.05, 0) is 6.07 Å².